The van der Waals surface area contributed by atoms with E-state index >= 15 is 0 Å². The number of hydrogen-bond acceptors (Lipinski definition) is 9. The van der Waals surface area contributed by atoms with E-state index in [-0.39, 0.29) is 85.6 Å². The molecule has 2 heterocycles. The summed E-state index contributed by atoms with van der Waals surface area (Å²) < 4.78 is 106. The molecule has 4 aliphatic rings. The van der Waals surface area contributed by atoms with Crippen molar-refractivity contribution in [1.82, 2.24) is 15.1 Å². The van der Waals surface area contributed by atoms with Gasteiger partial charge in [0.05, 0.1) is 33.6 Å². The van der Waals surface area contributed by atoms with Crippen LogP contribution in [-0.4, -0.2) is 101 Å². The van der Waals surface area contributed by atoms with Gasteiger partial charge in [0.15, 0.2) is 11.2 Å². The minimum atomic E-state index is -4.90. The topological polar surface area (TPSA) is 164 Å². The highest BCUT2D eigenvalue weighted by molar-refractivity contribution is 6.06. The Kier molecular flexibility index (Phi) is 21.8. The standard InChI is InChI=1S/C43H46F3N3O5.C35H40F3N3O3/c1-28(2)49(36-21-12-11-20-33(36)32-19-13-18-31(24-32)30-16-9-6-10-17-30)39(50)34-25-37-38(26-35(34)43(44,45)46)54-42(3,4)40(51)48(37)23-22-47-41(52)53-27-29-14-7-5-8-15-29;1-22(2)41(29-16-9-8-15-26(29)25-14-10-13-24(19-25)23-11-6-5-7-12-23)32(42)27-20-30-31(21-28(27)35(36,37)38)44-34(3,4)33(43)40(30)18-17-39/h5-10,13-19,24-26,28,33,36H,11-12,20-23,27H2,1-4H3,(H,47,52);5-7,10-14,19-22,26,29H,8-9,15-18,39H2,1-4H3/t33-,36+;26-,29+/m11/s1. The molecule has 0 saturated heterocycles. The fourth-order valence-corrected chi connectivity index (χ4v) is 14.3. The Bertz CT molecular complexity index is 4000. The van der Waals surface area contributed by atoms with Gasteiger partial charge in [-0.1, -0.05) is 165 Å². The summed E-state index contributed by atoms with van der Waals surface area (Å²) in [7, 11) is 0. The maximum absolute atomic E-state index is 14.9. The molecule has 20 heteroatoms. The highest BCUT2D eigenvalue weighted by Gasteiger charge is 2.49. The molecule has 2 aliphatic heterocycles. The third kappa shape index (κ3) is 15.9. The van der Waals surface area contributed by atoms with Gasteiger partial charge in [-0.15, -0.1) is 0 Å². The molecule has 11 rings (SSSR count). The molecule has 3 N–H and O–H groups in total. The van der Waals surface area contributed by atoms with Gasteiger partial charge in [0.2, 0.25) is 0 Å². The van der Waals surface area contributed by atoms with E-state index < -0.39 is 81.6 Å². The number of nitrogens with two attached hydrogens (primary N) is 1. The van der Waals surface area contributed by atoms with E-state index in [1.807, 2.05) is 155 Å². The first-order chi connectivity index (χ1) is 46.6. The number of fused-ring (bicyclic) bond motifs is 2. The minimum absolute atomic E-state index is 0.0228. The summed E-state index contributed by atoms with van der Waals surface area (Å²) >= 11 is 0. The first-order valence-corrected chi connectivity index (χ1v) is 33.7. The van der Waals surface area contributed by atoms with Crippen molar-refractivity contribution in [2.45, 2.75) is 173 Å². The zero-order valence-corrected chi connectivity index (χ0v) is 56.6. The number of carbonyl (C=O) groups excluding carboxylic acids is 5. The number of nitrogens with one attached hydrogen (secondary N) is 1. The maximum Gasteiger partial charge on any atom is 0.417 e. The van der Waals surface area contributed by atoms with Gasteiger partial charge in [-0.25, -0.2) is 4.79 Å². The van der Waals surface area contributed by atoms with Crippen LogP contribution < -0.4 is 30.3 Å². The van der Waals surface area contributed by atoms with Crippen LogP contribution in [0.15, 0.2) is 164 Å². The van der Waals surface area contributed by atoms with Crippen LogP contribution in [0, 0.1) is 0 Å². The molecular weight excluding hydrogens is 1260 g/mol. The van der Waals surface area contributed by atoms with E-state index in [4.69, 9.17) is 19.9 Å². The number of halogens is 6. The SMILES string of the molecule is CC(C)N(C(=O)c1cc2c(cc1C(F)(F)F)OC(C)(C)C(=O)N2CCN)[C@H]1CCCC[C@@H]1c1cccc(-c2ccccc2)c1.CC(C)N(C(=O)c1cc2c(cc1C(F)(F)F)OC(C)(C)C(=O)N2CCNC(=O)OCc1ccccc1)[C@H]1CCCC[C@@H]1c1cccc(-c2ccccc2)c1. The van der Waals surface area contributed by atoms with Crippen LogP contribution in [0.4, 0.5) is 42.5 Å². The number of nitrogens with zero attached hydrogens (tertiary/aromatic N) is 4. The van der Waals surface area contributed by atoms with Crippen molar-refractivity contribution < 1.29 is 64.5 Å². The fourth-order valence-electron chi connectivity index (χ4n) is 14.3. The number of carbonyl (C=O) groups is 5. The molecule has 4 atom stereocenters. The van der Waals surface area contributed by atoms with Gasteiger partial charge in [0, 0.05) is 62.2 Å². The number of anilines is 2. The summed E-state index contributed by atoms with van der Waals surface area (Å²) in [5, 5.41) is 2.61. The molecule has 7 aromatic rings. The lowest BCUT2D eigenvalue weighted by molar-refractivity contribution is -0.139. The van der Waals surface area contributed by atoms with Crippen molar-refractivity contribution in [1.29, 1.82) is 0 Å². The van der Waals surface area contributed by atoms with Gasteiger partial charge >= 0.3 is 18.4 Å². The van der Waals surface area contributed by atoms with Crippen LogP contribution in [0.25, 0.3) is 22.3 Å². The normalized spacial score (nSPS) is 18.9. The average molecular weight is 1350 g/mol. The molecule has 518 valence electrons. The highest BCUT2D eigenvalue weighted by atomic mass is 19.4. The largest absolute Gasteiger partial charge is 0.476 e. The van der Waals surface area contributed by atoms with Gasteiger partial charge in [0.25, 0.3) is 23.6 Å². The molecule has 5 amide bonds. The second-order valence-corrected chi connectivity index (χ2v) is 27.2. The van der Waals surface area contributed by atoms with E-state index in [2.05, 4.69) is 17.4 Å². The predicted molar refractivity (Wildman–Crippen MR) is 367 cm³/mol. The predicted octanol–water partition coefficient (Wildman–Crippen LogP) is 16.8. The van der Waals surface area contributed by atoms with Crippen molar-refractivity contribution in [2.75, 3.05) is 36.0 Å². The summed E-state index contributed by atoms with van der Waals surface area (Å²) in [6.07, 6.45) is -3.95. The zero-order chi connectivity index (χ0) is 70.4. The molecule has 2 fully saturated rings. The quantitative estimate of drug-likeness (QED) is 0.0845. The molecule has 7 aromatic carbocycles. The number of hydrogen-bond donors (Lipinski definition) is 2. The second-order valence-electron chi connectivity index (χ2n) is 27.2. The Labute approximate surface area is 569 Å². The molecule has 2 saturated carbocycles. The van der Waals surface area contributed by atoms with Crippen LogP contribution in [0.2, 0.25) is 0 Å². The Hall–Kier alpha value is -9.17. The van der Waals surface area contributed by atoms with Crippen LogP contribution >= 0.6 is 0 Å². The van der Waals surface area contributed by atoms with Gasteiger partial charge < -0.3 is 44.9 Å². The Morgan fingerprint density at radius 3 is 1.33 bits per heavy atom. The third-order valence-corrected chi connectivity index (χ3v) is 18.9. The molecular formula is C78H86F6N6O8. The Morgan fingerprint density at radius 2 is 0.929 bits per heavy atom. The highest BCUT2D eigenvalue weighted by Crippen LogP contribution is 2.49. The first-order valence-electron chi connectivity index (χ1n) is 33.7. The molecule has 98 heavy (non-hydrogen) atoms. The van der Waals surface area contributed by atoms with Crippen LogP contribution in [0.5, 0.6) is 11.5 Å². The minimum Gasteiger partial charge on any atom is -0.476 e. The number of amides is 5. The van der Waals surface area contributed by atoms with Crippen molar-refractivity contribution in [3.05, 3.63) is 203 Å². The summed E-state index contributed by atoms with van der Waals surface area (Å²) in [6, 6.07) is 48.0. The summed E-state index contributed by atoms with van der Waals surface area (Å²) in [5.41, 5.74) is 6.84. The fraction of sp³-hybridized carbons (Fsp3) is 0.397. The van der Waals surface area contributed by atoms with Gasteiger partial charge in [-0.05, 0) is 144 Å². The van der Waals surface area contributed by atoms with Crippen LogP contribution in [-0.2, 0) is 33.3 Å². The smallest absolute Gasteiger partial charge is 0.417 e. The lowest BCUT2D eigenvalue weighted by atomic mass is 9.78. The van der Waals surface area contributed by atoms with Crippen molar-refractivity contribution in [2.24, 2.45) is 5.73 Å². The van der Waals surface area contributed by atoms with Crippen LogP contribution in [0.3, 0.4) is 0 Å². The second kappa shape index (κ2) is 29.9. The molecule has 0 spiro atoms. The summed E-state index contributed by atoms with van der Waals surface area (Å²) in [6.45, 7) is 13.3. The first kappa shape index (κ1) is 71.6. The average Bonchev–Trinajstić information content (AvgIpc) is 0.748. The van der Waals surface area contributed by atoms with Crippen molar-refractivity contribution >= 4 is 41.1 Å². The lowest BCUT2D eigenvalue weighted by Crippen LogP contribution is -2.54. The van der Waals surface area contributed by atoms with Gasteiger partial charge in [-0.3, -0.25) is 19.2 Å². The van der Waals surface area contributed by atoms with E-state index in [0.717, 1.165) is 95.7 Å². The molecule has 0 unspecified atom stereocenters. The van der Waals surface area contributed by atoms with Gasteiger partial charge in [-0.2, -0.15) is 26.3 Å². The van der Waals surface area contributed by atoms with E-state index in [1.54, 1.807) is 9.80 Å². The maximum atomic E-state index is 14.9. The molecule has 0 radical (unpaired) electrons. The third-order valence-electron chi connectivity index (χ3n) is 18.9. The molecule has 2 aliphatic carbocycles. The van der Waals surface area contributed by atoms with Crippen LogP contribution in [0.1, 0.15) is 167 Å². The van der Waals surface area contributed by atoms with Crippen molar-refractivity contribution in [3.63, 3.8) is 0 Å². The van der Waals surface area contributed by atoms with E-state index in [9.17, 15) is 50.3 Å². The molecule has 0 bridgehead atoms. The summed E-state index contributed by atoms with van der Waals surface area (Å²) in [5.74, 6) is -2.87. The lowest BCUT2D eigenvalue weighted by Gasteiger charge is -2.43. The number of alkyl carbamates (subject to hydrolysis) is 1. The number of rotatable bonds is 17. The number of benzene rings is 7. The van der Waals surface area contributed by atoms with E-state index in [0.29, 0.717) is 12.8 Å². The van der Waals surface area contributed by atoms with E-state index in [1.165, 1.54) is 43.6 Å². The van der Waals surface area contributed by atoms with Gasteiger partial charge in [0.1, 0.15) is 18.1 Å². The molecule has 14 nitrogen and oxygen atoms in total. The summed E-state index contributed by atoms with van der Waals surface area (Å²) in [4.78, 5) is 74.4. The van der Waals surface area contributed by atoms with Crippen molar-refractivity contribution in [3.8, 4) is 33.8 Å². The zero-order valence-electron chi connectivity index (χ0n) is 56.6. The monoisotopic (exact) mass is 1350 g/mol. The Morgan fingerprint density at radius 1 is 0.541 bits per heavy atom. The Balaban J connectivity index is 0.000000217. The number of ether oxygens (including phenoxy) is 3. The molecule has 0 aromatic heterocycles. The number of alkyl halides is 6.